The molecule has 0 aliphatic carbocycles. The molecule has 31 heavy (non-hydrogen) atoms. The van der Waals surface area contributed by atoms with Crippen molar-refractivity contribution in [1.82, 2.24) is 0 Å². The molecule has 0 saturated carbocycles. The molecule has 160 valence electrons. The quantitative estimate of drug-likeness (QED) is 0.328. The van der Waals surface area contributed by atoms with Crippen LogP contribution in [0.4, 0.5) is 11.4 Å². The van der Waals surface area contributed by atoms with Crippen molar-refractivity contribution < 1.29 is 19.0 Å². The van der Waals surface area contributed by atoms with Gasteiger partial charge >= 0.3 is 0 Å². The van der Waals surface area contributed by atoms with E-state index in [-0.39, 0.29) is 12.5 Å². The third-order valence-electron chi connectivity index (χ3n) is 4.14. The van der Waals surface area contributed by atoms with Gasteiger partial charge in [0.15, 0.2) is 0 Å². The standard InChI is InChI=1S/C25H26N2O4/c1-2-14-29-23-12-6-8-20(17-23)26-19-25(28)27-21-9-7-13-24(18-21)31-16-15-30-22-10-4-3-5-11-22/h2-13,17-18,26H,1,14-16,19H2,(H,27,28). The number of benzene rings is 3. The molecular formula is C25H26N2O4. The molecule has 0 unspecified atom stereocenters. The lowest BCUT2D eigenvalue weighted by Gasteiger charge is -2.11. The number of ether oxygens (including phenoxy) is 3. The maximum absolute atomic E-state index is 12.3. The van der Waals surface area contributed by atoms with Gasteiger partial charge in [-0.3, -0.25) is 4.79 Å². The van der Waals surface area contributed by atoms with E-state index in [4.69, 9.17) is 14.2 Å². The van der Waals surface area contributed by atoms with Gasteiger partial charge in [-0.2, -0.15) is 0 Å². The van der Waals surface area contributed by atoms with E-state index < -0.39 is 0 Å². The number of hydrogen-bond donors (Lipinski definition) is 2. The summed E-state index contributed by atoms with van der Waals surface area (Å²) in [6.07, 6.45) is 1.68. The first kappa shape index (κ1) is 21.8. The fourth-order valence-electron chi connectivity index (χ4n) is 2.74. The van der Waals surface area contributed by atoms with Crippen LogP contribution in [-0.4, -0.2) is 32.3 Å². The van der Waals surface area contributed by atoms with E-state index >= 15 is 0 Å². The van der Waals surface area contributed by atoms with Crippen LogP contribution in [0.5, 0.6) is 17.2 Å². The van der Waals surface area contributed by atoms with Crippen molar-refractivity contribution >= 4 is 17.3 Å². The van der Waals surface area contributed by atoms with E-state index in [2.05, 4.69) is 17.2 Å². The number of carbonyl (C=O) groups is 1. The average molecular weight is 418 g/mol. The fourth-order valence-corrected chi connectivity index (χ4v) is 2.74. The highest BCUT2D eigenvalue weighted by atomic mass is 16.5. The first-order valence-electron chi connectivity index (χ1n) is 10.0. The molecule has 3 aromatic carbocycles. The molecule has 0 aromatic heterocycles. The molecule has 0 spiro atoms. The summed E-state index contributed by atoms with van der Waals surface area (Å²) >= 11 is 0. The lowest BCUT2D eigenvalue weighted by atomic mass is 10.3. The summed E-state index contributed by atoms with van der Waals surface area (Å²) < 4.78 is 16.8. The zero-order chi connectivity index (χ0) is 21.7. The van der Waals surface area contributed by atoms with Crippen LogP contribution >= 0.6 is 0 Å². The van der Waals surface area contributed by atoms with Crippen molar-refractivity contribution in [2.75, 3.05) is 37.0 Å². The summed E-state index contributed by atoms with van der Waals surface area (Å²) in [7, 11) is 0. The van der Waals surface area contributed by atoms with E-state index in [1.165, 1.54) is 0 Å². The van der Waals surface area contributed by atoms with Gasteiger partial charge in [0.2, 0.25) is 5.91 Å². The number of nitrogens with one attached hydrogen (secondary N) is 2. The highest BCUT2D eigenvalue weighted by Gasteiger charge is 2.05. The van der Waals surface area contributed by atoms with Crippen LogP contribution in [0.1, 0.15) is 0 Å². The maximum atomic E-state index is 12.3. The normalized spacial score (nSPS) is 10.1. The highest BCUT2D eigenvalue weighted by molar-refractivity contribution is 5.93. The minimum atomic E-state index is -0.165. The van der Waals surface area contributed by atoms with Crippen molar-refractivity contribution in [1.29, 1.82) is 0 Å². The first-order valence-corrected chi connectivity index (χ1v) is 10.0. The first-order chi connectivity index (χ1) is 15.2. The predicted octanol–water partition coefficient (Wildman–Crippen LogP) is 4.76. The number of carbonyl (C=O) groups excluding carboxylic acids is 1. The molecule has 0 bridgehead atoms. The van der Waals surface area contributed by atoms with E-state index in [0.29, 0.717) is 37.0 Å². The van der Waals surface area contributed by atoms with E-state index in [1.54, 1.807) is 12.1 Å². The molecule has 3 aromatic rings. The molecule has 0 aliphatic rings. The second-order valence-electron chi connectivity index (χ2n) is 6.57. The van der Waals surface area contributed by atoms with Crippen LogP contribution < -0.4 is 24.8 Å². The van der Waals surface area contributed by atoms with Crippen molar-refractivity contribution in [2.24, 2.45) is 0 Å². The van der Waals surface area contributed by atoms with Crippen LogP contribution in [0.15, 0.2) is 91.5 Å². The van der Waals surface area contributed by atoms with Gasteiger partial charge in [-0.05, 0) is 36.4 Å². The van der Waals surface area contributed by atoms with E-state index in [9.17, 15) is 4.79 Å². The van der Waals surface area contributed by atoms with E-state index in [1.807, 2.05) is 72.8 Å². The SMILES string of the molecule is C=CCOc1cccc(NCC(=O)Nc2cccc(OCCOc3ccccc3)c2)c1. The minimum Gasteiger partial charge on any atom is -0.490 e. The molecule has 6 nitrogen and oxygen atoms in total. The fraction of sp³-hybridized carbons (Fsp3) is 0.160. The Morgan fingerprint density at radius 1 is 0.774 bits per heavy atom. The Balaban J connectivity index is 1.42. The summed E-state index contributed by atoms with van der Waals surface area (Å²) in [5, 5.41) is 5.95. The number of anilines is 2. The number of amides is 1. The summed E-state index contributed by atoms with van der Waals surface area (Å²) in [6, 6.07) is 24.3. The molecule has 0 heterocycles. The topological polar surface area (TPSA) is 68.8 Å². The van der Waals surface area contributed by atoms with Crippen molar-refractivity contribution in [3.8, 4) is 17.2 Å². The van der Waals surface area contributed by atoms with Gasteiger partial charge in [0.25, 0.3) is 0 Å². The second kappa shape index (κ2) is 11.9. The number of rotatable bonds is 12. The molecule has 6 heteroatoms. The Morgan fingerprint density at radius 3 is 2.13 bits per heavy atom. The zero-order valence-electron chi connectivity index (χ0n) is 17.3. The molecule has 0 saturated heterocycles. The summed E-state index contributed by atoms with van der Waals surface area (Å²) in [5.74, 6) is 2.01. The predicted molar refractivity (Wildman–Crippen MR) is 123 cm³/mol. The van der Waals surface area contributed by atoms with Gasteiger partial charge in [-0.15, -0.1) is 0 Å². The molecule has 2 N–H and O–H groups in total. The monoisotopic (exact) mass is 418 g/mol. The summed E-state index contributed by atoms with van der Waals surface area (Å²) in [5.41, 5.74) is 1.46. The summed E-state index contributed by atoms with van der Waals surface area (Å²) in [6.45, 7) is 5.02. The van der Waals surface area contributed by atoms with Crippen molar-refractivity contribution in [2.45, 2.75) is 0 Å². The second-order valence-corrected chi connectivity index (χ2v) is 6.57. The van der Waals surface area contributed by atoms with Gasteiger partial charge in [0.05, 0.1) is 6.54 Å². The Bertz CT molecular complexity index is 976. The van der Waals surface area contributed by atoms with Crippen LogP contribution in [0.3, 0.4) is 0 Å². The lowest BCUT2D eigenvalue weighted by molar-refractivity contribution is -0.114. The molecule has 0 fully saturated rings. The largest absolute Gasteiger partial charge is 0.490 e. The molecule has 0 atom stereocenters. The third kappa shape index (κ3) is 7.78. The van der Waals surface area contributed by atoms with Crippen molar-refractivity contribution in [3.05, 3.63) is 91.5 Å². The summed E-state index contributed by atoms with van der Waals surface area (Å²) in [4.78, 5) is 12.3. The molecule has 0 aliphatic heterocycles. The van der Waals surface area contributed by atoms with Crippen LogP contribution in [0.25, 0.3) is 0 Å². The Kier molecular flexibility index (Phi) is 8.37. The highest BCUT2D eigenvalue weighted by Crippen LogP contribution is 2.19. The van der Waals surface area contributed by atoms with Gasteiger partial charge in [0.1, 0.15) is 37.1 Å². The van der Waals surface area contributed by atoms with Gasteiger partial charge in [-0.25, -0.2) is 0 Å². The Labute approximate surface area is 182 Å². The smallest absolute Gasteiger partial charge is 0.243 e. The number of hydrogen-bond acceptors (Lipinski definition) is 5. The molecular weight excluding hydrogens is 392 g/mol. The van der Waals surface area contributed by atoms with Crippen molar-refractivity contribution in [3.63, 3.8) is 0 Å². The third-order valence-corrected chi connectivity index (χ3v) is 4.14. The van der Waals surface area contributed by atoms with Crippen LogP contribution in [0, 0.1) is 0 Å². The molecule has 0 radical (unpaired) electrons. The minimum absolute atomic E-state index is 0.126. The van der Waals surface area contributed by atoms with E-state index in [0.717, 1.165) is 11.4 Å². The van der Waals surface area contributed by atoms with Gasteiger partial charge in [-0.1, -0.05) is 43.0 Å². The zero-order valence-corrected chi connectivity index (χ0v) is 17.3. The van der Waals surface area contributed by atoms with Gasteiger partial charge < -0.3 is 24.8 Å². The molecule has 1 amide bonds. The number of para-hydroxylation sites is 1. The Morgan fingerprint density at radius 2 is 1.39 bits per heavy atom. The van der Waals surface area contributed by atoms with Crippen LogP contribution in [-0.2, 0) is 4.79 Å². The van der Waals surface area contributed by atoms with Gasteiger partial charge in [0, 0.05) is 23.5 Å². The lowest BCUT2D eigenvalue weighted by Crippen LogP contribution is -2.21. The Hall–Kier alpha value is -3.93. The molecule has 3 rings (SSSR count). The maximum Gasteiger partial charge on any atom is 0.243 e. The average Bonchev–Trinajstić information content (AvgIpc) is 2.80. The van der Waals surface area contributed by atoms with Crippen LogP contribution in [0.2, 0.25) is 0 Å².